The van der Waals surface area contributed by atoms with E-state index in [2.05, 4.69) is 31.1 Å². The first-order valence-corrected chi connectivity index (χ1v) is 5.15. The van der Waals surface area contributed by atoms with Gasteiger partial charge in [-0.15, -0.1) is 0 Å². The van der Waals surface area contributed by atoms with Crippen LogP contribution < -0.4 is 5.32 Å². The molecule has 1 N–H and O–H groups in total. The number of nitrogens with one attached hydrogen (secondary N) is 1. The molecule has 2 saturated heterocycles. The molecule has 12 heavy (non-hydrogen) atoms. The maximum atomic E-state index is 3.61. The van der Waals surface area contributed by atoms with Crippen LogP contribution in [-0.4, -0.2) is 36.6 Å². The van der Waals surface area contributed by atoms with Crippen LogP contribution in [0.3, 0.4) is 0 Å². The number of fused-ring (bicyclic) bond motifs is 1. The lowest BCUT2D eigenvalue weighted by Gasteiger charge is -2.43. The Bertz CT molecular complexity index is 169. The van der Waals surface area contributed by atoms with Crippen molar-refractivity contribution in [3.05, 3.63) is 0 Å². The average Bonchev–Trinajstić information content (AvgIpc) is 2.48. The second-order valence-electron chi connectivity index (χ2n) is 4.50. The lowest BCUT2D eigenvalue weighted by molar-refractivity contribution is 0.0754. The van der Waals surface area contributed by atoms with Crippen LogP contribution in [0.4, 0.5) is 0 Å². The molecule has 2 aliphatic heterocycles. The van der Waals surface area contributed by atoms with Gasteiger partial charge in [-0.1, -0.05) is 0 Å². The van der Waals surface area contributed by atoms with E-state index < -0.39 is 0 Å². The summed E-state index contributed by atoms with van der Waals surface area (Å²) in [5.74, 6) is 0.909. The second kappa shape index (κ2) is 3.00. The van der Waals surface area contributed by atoms with E-state index in [0.29, 0.717) is 0 Å². The molecule has 4 atom stereocenters. The van der Waals surface area contributed by atoms with Gasteiger partial charge in [0.05, 0.1) is 0 Å². The third-order valence-electron chi connectivity index (χ3n) is 3.95. The molecule has 2 nitrogen and oxygen atoms in total. The van der Waals surface area contributed by atoms with Gasteiger partial charge in [-0.25, -0.2) is 0 Å². The molecule has 0 aromatic rings. The Balaban J connectivity index is 2.10. The maximum Gasteiger partial charge on any atom is 0.0125 e. The molecule has 2 aliphatic rings. The van der Waals surface area contributed by atoms with E-state index in [1.54, 1.807) is 0 Å². The molecule has 0 spiro atoms. The van der Waals surface area contributed by atoms with Gasteiger partial charge in [0.2, 0.25) is 0 Å². The summed E-state index contributed by atoms with van der Waals surface area (Å²) in [5, 5.41) is 3.61. The molecule has 0 aromatic carbocycles. The molecule has 2 heterocycles. The number of likely N-dealkylation sites (tertiary alicyclic amines) is 1. The van der Waals surface area contributed by atoms with Gasteiger partial charge >= 0.3 is 0 Å². The van der Waals surface area contributed by atoms with Crippen molar-refractivity contribution in [1.29, 1.82) is 0 Å². The van der Waals surface area contributed by atoms with Gasteiger partial charge in [0.25, 0.3) is 0 Å². The fourth-order valence-electron chi connectivity index (χ4n) is 2.86. The summed E-state index contributed by atoms with van der Waals surface area (Å²) in [6, 6.07) is 2.34. The molecule has 0 amide bonds. The molecular weight excluding hydrogens is 148 g/mol. The van der Waals surface area contributed by atoms with Crippen molar-refractivity contribution >= 4 is 0 Å². The standard InChI is InChI=1S/C10H20N2/c1-7-6-10-9(4-5-11-10)8(2)12(7)3/h7-11H,4-6H2,1-3H3. The molecule has 70 valence electrons. The summed E-state index contributed by atoms with van der Waals surface area (Å²) in [6.45, 7) is 5.95. The molecular formula is C10H20N2. The highest BCUT2D eigenvalue weighted by Crippen LogP contribution is 2.32. The summed E-state index contributed by atoms with van der Waals surface area (Å²) in [5.41, 5.74) is 0. The van der Waals surface area contributed by atoms with Crippen molar-refractivity contribution in [3.63, 3.8) is 0 Å². The van der Waals surface area contributed by atoms with Crippen molar-refractivity contribution in [3.8, 4) is 0 Å². The van der Waals surface area contributed by atoms with Gasteiger partial charge < -0.3 is 10.2 Å². The molecule has 4 unspecified atom stereocenters. The van der Waals surface area contributed by atoms with Gasteiger partial charge in [0, 0.05) is 18.1 Å². The van der Waals surface area contributed by atoms with Gasteiger partial charge in [-0.05, 0) is 46.2 Å². The van der Waals surface area contributed by atoms with Crippen LogP contribution in [0.15, 0.2) is 0 Å². The van der Waals surface area contributed by atoms with E-state index >= 15 is 0 Å². The predicted molar refractivity (Wildman–Crippen MR) is 51.2 cm³/mol. The molecule has 0 aromatic heterocycles. The Morgan fingerprint density at radius 1 is 1.33 bits per heavy atom. The number of hydrogen-bond donors (Lipinski definition) is 1. The van der Waals surface area contributed by atoms with Crippen LogP contribution in [0.25, 0.3) is 0 Å². The van der Waals surface area contributed by atoms with E-state index in [4.69, 9.17) is 0 Å². The molecule has 2 fully saturated rings. The number of nitrogens with zero attached hydrogens (tertiary/aromatic N) is 1. The molecule has 2 heteroatoms. The van der Waals surface area contributed by atoms with Crippen LogP contribution >= 0.6 is 0 Å². The van der Waals surface area contributed by atoms with E-state index in [0.717, 1.165) is 24.0 Å². The Morgan fingerprint density at radius 2 is 2.08 bits per heavy atom. The third-order valence-corrected chi connectivity index (χ3v) is 3.95. The highest BCUT2D eigenvalue weighted by Gasteiger charge is 2.39. The van der Waals surface area contributed by atoms with Crippen LogP contribution in [0.1, 0.15) is 26.7 Å². The quantitative estimate of drug-likeness (QED) is 0.582. The zero-order valence-electron chi connectivity index (χ0n) is 8.38. The third kappa shape index (κ3) is 1.17. The van der Waals surface area contributed by atoms with Crippen molar-refractivity contribution in [2.24, 2.45) is 5.92 Å². The Morgan fingerprint density at radius 3 is 2.83 bits per heavy atom. The Hall–Kier alpha value is -0.0800. The van der Waals surface area contributed by atoms with Gasteiger partial charge in [0.15, 0.2) is 0 Å². The summed E-state index contributed by atoms with van der Waals surface area (Å²) < 4.78 is 0. The fraction of sp³-hybridized carbons (Fsp3) is 1.00. The first-order chi connectivity index (χ1) is 5.70. The first kappa shape index (κ1) is 8.52. The van der Waals surface area contributed by atoms with E-state index in [-0.39, 0.29) is 0 Å². The van der Waals surface area contributed by atoms with Crippen molar-refractivity contribution in [1.82, 2.24) is 10.2 Å². The fourth-order valence-corrected chi connectivity index (χ4v) is 2.86. The monoisotopic (exact) mass is 168 g/mol. The topological polar surface area (TPSA) is 15.3 Å². The average molecular weight is 168 g/mol. The minimum absolute atomic E-state index is 0.756. The van der Waals surface area contributed by atoms with E-state index in [1.165, 1.54) is 19.4 Å². The van der Waals surface area contributed by atoms with Crippen molar-refractivity contribution in [2.45, 2.75) is 44.8 Å². The Labute approximate surface area is 75.3 Å². The zero-order chi connectivity index (χ0) is 8.72. The first-order valence-electron chi connectivity index (χ1n) is 5.15. The summed E-state index contributed by atoms with van der Waals surface area (Å²) in [4.78, 5) is 2.54. The molecule has 0 aliphatic carbocycles. The highest BCUT2D eigenvalue weighted by molar-refractivity contribution is 4.96. The SMILES string of the molecule is CC1CC2NCCC2C(C)N1C. The van der Waals surface area contributed by atoms with Gasteiger partial charge in [0.1, 0.15) is 0 Å². The zero-order valence-corrected chi connectivity index (χ0v) is 8.38. The molecule has 0 bridgehead atoms. The van der Waals surface area contributed by atoms with Crippen LogP contribution in [0.2, 0.25) is 0 Å². The number of piperidine rings is 1. The van der Waals surface area contributed by atoms with Crippen molar-refractivity contribution < 1.29 is 0 Å². The minimum atomic E-state index is 0.756. The highest BCUT2D eigenvalue weighted by atomic mass is 15.2. The Kier molecular flexibility index (Phi) is 2.13. The van der Waals surface area contributed by atoms with Gasteiger partial charge in [-0.3, -0.25) is 0 Å². The van der Waals surface area contributed by atoms with E-state index in [9.17, 15) is 0 Å². The normalized spacial score (nSPS) is 49.2. The largest absolute Gasteiger partial charge is 0.314 e. The molecule has 2 rings (SSSR count). The smallest absolute Gasteiger partial charge is 0.0125 e. The lowest BCUT2D eigenvalue weighted by Crippen LogP contribution is -2.52. The summed E-state index contributed by atoms with van der Waals surface area (Å²) in [7, 11) is 2.27. The van der Waals surface area contributed by atoms with Crippen LogP contribution in [0.5, 0.6) is 0 Å². The summed E-state index contributed by atoms with van der Waals surface area (Å²) >= 11 is 0. The molecule has 0 radical (unpaired) electrons. The van der Waals surface area contributed by atoms with Crippen LogP contribution in [-0.2, 0) is 0 Å². The van der Waals surface area contributed by atoms with Crippen LogP contribution in [0, 0.1) is 5.92 Å². The minimum Gasteiger partial charge on any atom is -0.314 e. The van der Waals surface area contributed by atoms with Crippen molar-refractivity contribution in [2.75, 3.05) is 13.6 Å². The van der Waals surface area contributed by atoms with E-state index in [1.807, 2.05) is 0 Å². The maximum absolute atomic E-state index is 3.61. The molecule has 0 saturated carbocycles. The van der Waals surface area contributed by atoms with Gasteiger partial charge in [-0.2, -0.15) is 0 Å². The summed E-state index contributed by atoms with van der Waals surface area (Å²) in [6.07, 6.45) is 2.72. The number of hydrogen-bond acceptors (Lipinski definition) is 2. The second-order valence-corrected chi connectivity index (χ2v) is 4.50. The predicted octanol–water partition coefficient (Wildman–Crippen LogP) is 1.08. The lowest BCUT2D eigenvalue weighted by atomic mass is 9.83. The number of rotatable bonds is 0.